The van der Waals surface area contributed by atoms with Gasteiger partial charge in [0.15, 0.2) is 0 Å². The van der Waals surface area contributed by atoms with Crippen LogP contribution in [0.4, 0.5) is 17.6 Å². The van der Waals surface area contributed by atoms with Crippen molar-refractivity contribution in [3.63, 3.8) is 0 Å². The van der Waals surface area contributed by atoms with Crippen LogP contribution < -0.4 is 15.8 Å². The molecule has 0 aliphatic rings. The predicted octanol–water partition coefficient (Wildman–Crippen LogP) is 4.24. The largest absolute Gasteiger partial charge is 0.424 e. The van der Waals surface area contributed by atoms with Crippen LogP contribution in [0.5, 0.6) is 11.8 Å². The van der Waals surface area contributed by atoms with E-state index in [0.29, 0.717) is 11.3 Å². The SMILES string of the molecule is Cc1cc(Br)cc(C)c1Nc1nc(N)nc(Oc2ccc(C#N)cc2)n1. The first kappa shape index (κ1) is 17.6. The van der Waals surface area contributed by atoms with E-state index in [1.54, 1.807) is 24.3 Å². The van der Waals surface area contributed by atoms with Crippen LogP contribution in [0.15, 0.2) is 40.9 Å². The number of nitriles is 1. The second kappa shape index (κ2) is 7.37. The molecule has 1 heterocycles. The molecule has 26 heavy (non-hydrogen) atoms. The zero-order chi connectivity index (χ0) is 18.7. The molecule has 0 aliphatic carbocycles. The number of ether oxygens (including phenoxy) is 1. The van der Waals surface area contributed by atoms with E-state index in [1.165, 1.54) is 0 Å². The van der Waals surface area contributed by atoms with Gasteiger partial charge in [-0.15, -0.1) is 0 Å². The molecule has 3 rings (SSSR count). The van der Waals surface area contributed by atoms with Gasteiger partial charge < -0.3 is 15.8 Å². The van der Waals surface area contributed by atoms with Crippen molar-refractivity contribution in [2.45, 2.75) is 13.8 Å². The van der Waals surface area contributed by atoms with E-state index in [0.717, 1.165) is 21.3 Å². The number of hydrogen-bond acceptors (Lipinski definition) is 7. The first-order valence-corrected chi connectivity index (χ1v) is 8.47. The number of halogens is 1. The summed E-state index contributed by atoms with van der Waals surface area (Å²) in [7, 11) is 0. The zero-order valence-electron chi connectivity index (χ0n) is 14.1. The van der Waals surface area contributed by atoms with E-state index < -0.39 is 0 Å². The lowest BCUT2D eigenvalue weighted by atomic mass is 10.1. The fraction of sp³-hybridized carbons (Fsp3) is 0.111. The van der Waals surface area contributed by atoms with Crippen LogP contribution in [0.3, 0.4) is 0 Å². The first-order chi connectivity index (χ1) is 12.4. The van der Waals surface area contributed by atoms with E-state index in [-0.39, 0.29) is 17.9 Å². The average Bonchev–Trinajstić information content (AvgIpc) is 2.58. The summed E-state index contributed by atoms with van der Waals surface area (Å²) in [4.78, 5) is 12.4. The molecule has 130 valence electrons. The maximum absolute atomic E-state index is 8.84. The number of nitrogens with one attached hydrogen (secondary N) is 1. The lowest BCUT2D eigenvalue weighted by molar-refractivity contribution is 0.441. The molecule has 0 fully saturated rings. The first-order valence-electron chi connectivity index (χ1n) is 7.68. The summed E-state index contributed by atoms with van der Waals surface area (Å²) in [5.41, 5.74) is 9.28. The number of anilines is 3. The van der Waals surface area contributed by atoms with Crippen molar-refractivity contribution >= 4 is 33.5 Å². The smallest absolute Gasteiger partial charge is 0.328 e. The molecule has 0 atom stereocenters. The van der Waals surface area contributed by atoms with Gasteiger partial charge in [-0.2, -0.15) is 20.2 Å². The van der Waals surface area contributed by atoms with Crippen molar-refractivity contribution in [2.75, 3.05) is 11.1 Å². The Balaban J connectivity index is 1.87. The van der Waals surface area contributed by atoms with Crippen LogP contribution in [-0.2, 0) is 0 Å². The van der Waals surface area contributed by atoms with E-state index in [9.17, 15) is 0 Å². The number of nitrogens with zero attached hydrogens (tertiary/aromatic N) is 4. The summed E-state index contributed by atoms with van der Waals surface area (Å²) in [5.74, 6) is 0.824. The maximum Gasteiger partial charge on any atom is 0.328 e. The third kappa shape index (κ3) is 4.07. The van der Waals surface area contributed by atoms with Crippen LogP contribution in [-0.4, -0.2) is 15.0 Å². The van der Waals surface area contributed by atoms with Gasteiger partial charge in [0.05, 0.1) is 11.6 Å². The van der Waals surface area contributed by atoms with Crippen molar-refractivity contribution in [3.05, 3.63) is 57.6 Å². The Morgan fingerprint density at radius 1 is 1.08 bits per heavy atom. The van der Waals surface area contributed by atoms with E-state index in [4.69, 9.17) is 15.7 Å². The monoisotopic (exact) mass is 410 g/mol. The van der Waals surface area contributed by atoms with Crippen molar-refractivity contribution in [1.29, 1.82) is 5.26 Å². The standard InChI is InChI=1S/C18H15BrN6O/c1-10-7-13(19)8-11(2)15(10)22-17-23-16(21)24-18(25-17)26-14-5-3-12(9-20)4-6-14/h3-8H,1-2H3,(H3,21,22,23,24,25). The summed E-state index contributed by atoms with van der Waals surface area (Å²) >= 11 is 3.47. The molecule has 0 radical (unpaired) electrons. The molecule has 0 aliphatic heterocycles. The van der Waals surface area contributed by atoms with Gasteiger partial charge in [0, 0.05) is 10.2 Å². The highest BCUT2D eigenvalue weighted by Gasteiger charge is 2.10. The number of aromatic nitrogens is 3. The normalized spacial score (nSPS) is 10.2. The molecular weight excluding hydrogens is 396 g/mol. The topological polar surface area (TPSA) is 110 Å². The van der Waals surface area contributed by atoms with Gasteiger partial charge in [0.25, 0.3) is 0 Å². The van der Waals surface area contributed by atoms with Gasteiger partial charge in [-0.25, -0.2) is 0 Å². The van der Waals surface area contributed by atoms with E-state index in [2.05, 4.69) is 36.2 Å². The molecule has 8 heteroatoms. The lowest BCUT2D eigenvalue weighted by Gasteiger charge is -2.13. The molecule has 0 saturated carbocycles. The highest BCUT2D eigenvalue weighted by atomic mass is 79.9. The molecular formula is C18H15BrN6O. The lowest BCUT2D eigenvalue weighted by Crippen LogP contribution is -2.06. The number of benzene rings is 2. The minimum Gasteiger partial charge on any atom is -0.424 e. The van der Waals surface area contributed by atoms with Gasteiger partial charge in [0.2, 0.25) is 11.9 Å². The molecule has 3 aromatic rings. The molecule has 0 amide bonds. The Bertz CT molecular complexity index is 975. The number of nitrogens with two attached hydrogens (primary N) is 1. The fourth-order valence-electron chi connectivity index (χ4n) is 2.40. The minimum atomic E-state index is 0.0403. The molecule has 0 spiro atoms. The molecule has 1 aromatic heterocycles. The molecule has 0 unspecified atom stereocenters. The maximum atomic E-state index is 8.84. The Morgan fingerprint density at radius 2 is 1.73 bits per heavy atom. The second-order valence-electron chi connectivity index (χ2n) is 5.58. The predicted molar refractivity (Wildman–Crippen MR) is 102 cm³/mol. The van der Waals surface area contributed by atoms with Crippen molar-refractivity contribution < 1.29 is 4.74 Å². The Kier molecular flexibility index (Phi) is 5.00. The Hall–Kier alpha value is -3.18. The molecule has 0 bridgehead atoms. The number of aryl methyl sites for hydroxylation is 2. The number of hydrogen-bond donors (Lipinski definition) is 2. The van der Waals surface area contributed by atoms with Crippen LogP contribution >= 0.6 is 15.9 Å². The van der Waals surface area contributed by atoms with Crippen molar-refractivity contribution in [1.82, 2.24) is 15.0 Å². The molecule has 3 N–H and O–H groups in total. The highest BCUT2D eigenvalue weighted by Crippen LogP contribution is 2.28. The molecule has 7 nitrogen and oxygen atoms in total. The second-order valence-corrected chi connectivity index (χ2v) is 6.49. The molecule has 0 saturated heterocycles. The third-order valence-corrected chi connectivity index (χ3v) is 4.02. The van der Waals surface area contributed by atoms with Gasteiger partial charge in [-0.1, -0.05) is 15.9 Å². The van der Waals surface area contributed by atoms with Gasteiger partial charge >= 0.3 is 6.01 Å². The minimum absolute atomic E-state index is 0.0403. The van der Waals surface area contributed by atoms with Gasteiger partial charge in [-0.3, -0.25) is 0 Å². The van der Waals surface area contributed by atoms with Gasteiger partial charge in [-0.05, 0) is 61.4 Å². The van der Waals surface area contributed by atoms with Crippen molar-refractivity contribution in [2.24, 2.45) is 0 Å². The van der Waals surface area contributed by atoms with Gasteiger partial charge in [0.1, 0.15) is 5.75 Å². The summed E-state index contributed by atoms with van der Waals surface area (Å²) in [6.45, 7) is 3.97. The summed E-state index contributed by atoms with van der Waals surface area (Å²) in [6, 6.07) is 12.7. The van der Waals surface area contributed by atoms with Crippen LogP contribution in [0, 0.1) is 25.2 Å². The summed E-state index contributed by atoms with van der Waals surface area (Å²) in [5, 5.41) is 12.0. The van der Waals surface area contributed by atoms with Crippen LogP contribution in [0.25, 0.3) is 0 Å². The number of nitrogen functional groups attached to an aromatic ring is 1. The van der Waals surface area contributed by atoms with Crippen LogP contribution in [0.1, 0.15) is 16.7 Å². The quantitative estimate of drug-likeness (QED) is 0.661. The average molecular weight is 411 g/mol. The van der Waals surface area contributed by atoms with Crippen LogP contribution in [0.2, 0.25) is 0 Å². The third-order valence-electron chi connectivity index (χ3n) is 3.56. The summed E-state index contributed by atoms with van der Waals surface area (Å²) < 4.78 is 6.62. The van der Waals surface area contributed by atoms with E-state index >= 15 is 0 Å². The molecule has 2 aromatic carbocycles. The highest BCUT2D eigenvalue weighted by molar-refractivity contribution is 9.10. The van der Waals surface area contributed by atoms with Crippen molar-refractivity contribution in [3.8, 4) is 17.8 Å². The zero-order valence-corrected chi connectivity index (χ0v) is 15.7. The summed E-state index contributed by atoms with van der Waals surface area (Å²) in [6.07, 6.45) is 0. The number of rotatable bonds is 4. The van der Waals surface area contributed by atoms with E-state index in [1.807, 2.05) is 32.0 Å². The Labute approximate surface area is 159 Å². The Morgan fingerprint density at radius 3 is 2.35 bits per heavy atom. The fourth-order valence-corrected chi connectivity index (χ4v) is 3.08.